The van der Waals surface area contributed by atoms with Gasteiger partial charge in [-0.05, 0) is 103 Å². The molecule has 1 aromatic rings. The van der Waals surface area contributed by atoms with Crippen LogP contribution in [0.1, 0.15) is 100 Å². The number of benzene rings is 1. The summed E-state index contributed by atoms with van der Waals surface area (Å²) in [5, 5.41) is 45.4. The fourth-order valence-electron chi connectivity index (χ4n) is 11.3. The van der Waals surface area contributed by atoms with Gasteiger partial charge >= 0.3 is 23.9 Å². The Morgan fingerprint density at radius 1 is 0.754 bits per heavy atom. The molecule has 0 spiro atoms. The number of fused-ring (bicyclic) bond motifs is 6. The molecular formula is C46H66O14Si. The van der Waals surface area contributed by atoms with E-state index in [0.29, 0.717) is 12.0 Å². The molecule has 338 valence electrons. The second-order valence-electron chi connectivity index (χ2n) is 20.2. The van der Waals surface area contributed by atoms with Crippen molar-refractivity contribution in [3.63, 3.8) is 0 Å². The minimum Gasteiger partial charge on any atom is -0.459 e. The number of aliphatic hydroxyl groups excluding tert-OH is 1. The summed E-state index contributed by atoms with van der Waals surface area (Å²) in [6.07, 6.45) is -3.08. The molecule has 6 aliphatic rings. The van der Waals surface area contributed by atoms with Crippen molar-refractivity contribution in [1.29, 1.82) is 0 Å². The highest BCUT2D eigenvalue weighted by molar-refractivity contribution is 6.70. The Morgan fingerprint density at radius 3 is 1.69 bits per heavy atom. The van der Waals surface area contributed by atoms with Crippen LogP contribution in [0, 0.1) is 23.7 Å². The normalized spacial score (nSPS) is 42.8. The van der Waals surface area contributed by atoms with E-state index in [1.165, 1.54) is 13.8 Å². The van der Waals surface area contributed by atoms with Crippen molar-refractivity contribution in [3.8, 4) is 0 Å². The number of esters is 4. The van der Waals surface area contributed by atoms with Crippen molar-refractivity contribution in [3.05, 3.63) is 58.2 Å². The fraction of sp³-hybridized carbons (Fsp3) is 0.696. The Morgan fingerprint density at radius 2 is 1.21 bits per heavy atom. The average molecular weight is 871 g/mol. The molecule has 14 atom stereocenters. The summed E-state index contributed by atoms with van der Waals surface area (Å²) < 4.78 is 36.0. The third-order valence-electron chi connectivity index (χ3n) is 14.7. The molecular weight excluding hydrogens is 805 g/mol. The monoisotopic (exact) mass is 870 g/mol. The highest BCUT2D eigenvalue weighted by atomic mass is 28.4. The highest BCUT2D eigenvalue weighted by Crippen LogP contribution is 2.59. The van der Waals surface area contributed by atoms with E-state index >= 15 is 0 Å². The third kappa shape index (κ3) is 7.53. The van der Waals surface area contributed by atoms with Gasteiger partial charge in [-0.25, -0.2) is 9.59 Å². The van der Waals surface area contributed by atoms with E-state index in [9.17, 15) is 39.6 Å². The van der Waals surface area contributed by atoms with Crippen LogP contribution in [0.25, 0.3) is 0 Å². The van der Waals surface area contributed by atoms with E-state index in [-0.39, 0.29) is 43.1 Å². The first-order chi connectivity index (χ1) is 28.0. The van der Waals surface area contributed by atoms with Gasteiger partial charge in [-0.15, -0.1) is 0 Å². The summed E-state index contributed by atoms with van der Waals surface area (Å²) in [5.41, 5.74) is -5.60. The smallest absolute Gasteiger partial charge is 0.341 e. The van der Waals surface area contributed by atoms with Gasteiger partial charge in [0.1, 0.15) is 11.2 Å². The predicted molar refractivity (Wildman–Crippen MR) is 224 cm³/mol. The van der Waals surface area contributed by atoms with Gasteiger partial charge in [0.25, 0.3) is 0 Å². The first-order valence-corrected chi connectivity index (χ1v) is 24.8. The molecule has 0 amide bonds. The zero-order chi connectivity index (χ0) is 45.6. The van der Waals surface area contributed by atoms with Crippen molar-refractivity contribution < 1.29 is 67.7 Å². The topological polar surface area (TPSA) is 205 Å². The van der Waals surface area contributed by atoms with Crippen molar-refractivity contribution in [1.82, 2.24) is 0 Å². The Labute approximate surface area is 360 Å². The first-order valence-electron chi connectivity index (χ1n) is 21.4. The van der Waals surface area contributed by atoms with Crippen LogP contribution in [-0.4, -0.2) is 111 Å². The zero-order valence-electron chi connectivity index (χ0n) is 37.9. The summed E-state index contributed by atoms with van der Waals surface area (Å²) in [7, 11) is -2.34. The Hall–Kier alpha value is -3.44. The van der Waals surface area contributed by atoms with E-state index in [1.807, 2.05) is 77.7 Å². The molecule has 2 saturated carbocycles. The van der Waals surface area contributed by atoms with Gasteiger partial charge in [-0.3, -0.25) is 9.59 Å². The first kappa shape index (κ1) is 47.0. The molecule has 0 unspecified atom stereocenters. The van der Waals surface area contributed by atoms with E-state index < -0.39 is 90.2 Å². The Bertz CT molecular complexity index is 2010. The minimum atomic E-state index is -2.34. The number of aliphatic hydroxyl groups is 4. The summed E-state index contributed by atoms with van der Waals surface area (Å²) in [6, 6.07) is 9.66. The van der Waals surface area contributed by atoms with E-state index in [2.05, 4.69) is 6.92 Å². The van der Waals surface area contributed by atoms with E-state index in [4.69, 9.17) is 28.1 Å². The van der Waals surface area contributed by atoms with Crippen LogP contribution >= 0.6 is 0 Å². The van der Waals surface area contributed by atoms with Gasteiger partial charge in [0.2, 0.25) is 0 Å². The molecule has 2 heterocycles. The molecule has 1 aromatic carbocycles. The van der Waals surface area contributed by atoms with Crippen molar-refractivity contribution in [2.45, 2.75) is 179 Å². The molecule has 0 aromatic heterocycles. The molecule has 0 radical (unpaired) electrons. The van der Waals surface area contributed by atoms with E-state index in [0.717, 1.165) is 35.6 Å². The molecule has 2 saturated heterocycles. The van der Waals surface area contributed by atoms with Gasteiger partial charge in [0.15, 0.2) is 42.9 Å². The lowest BCUT2D eigenvalue weighted by atomic mass is 9.75. The molecule has 14 nitrogen and oxygen atoms in total. The lowest BCUT2D eigenvalue weighted by molar-refractivity contribution is -0.206. The lowest BCUT2D eigenvalue weighted by Gasteiger charge is -2.45. The van der Waals surface area contributed by atoms with Gasteiger partial charge in [-0.2, -0.15) is 0 Å². The minimum absolute atomic E-state index is 0.111. The van der Waals surface area contributed by atoms with Gasteiger partial charge in [0.05, 0.1) is 18.8 Å². The van der Waals surface area contributed by atoms with Crippen molar-refractivity contribution >= 4 is 32.2 Å². The second-order valence-corrected chi connectivity index (χ2v) is 24.6. The van der Waals surface area contributed by atoms with Crippen molar-refractivity contribution in [2.24, 2.45) is 23.7 Å². The van der Waals surface area contributed by atoms with Crippen LogP contribution in [0.3, 0.4) is 0 Å². The average Bonchev–Trinajstić information content (AvgIpc) is 3.71. The molecule has 4 N–H and O–H groups in total. The predicted octanol–water partition coefficient (Wildman–Crippen LogP) is 4.99. The third-order valence-corrected chi connectivity index (χ3v) is 15.7. The fourth-order valence-corrected chi connectivity index (χ4v) is 12.8. The quantitative estimate of drug-likeness (QED) is 0.123. The largest absolute Gasteiger partial charge is 0.459 e. The molecule has 7 rings (SSSR count). The summed E-state index contributed by atoms with van der Waals surface area (Å²) in [4.78, 5) is 49.7. The maximum atomic E-state index is 13.5. The molecule has 4 fully saturated rings. The number of hydrogen-bond donors (Lipinski definition) is 4. The highest BCUT2D eigenvalue weighted by Gasteiger charge is 2.76. The van der Waals surface area contributed by atoms with Crippen LogP contribution in [0.4, 0.5) is 0 Å². The van der Waals surface area contributed by atoms with Crippen LogP contribution in [0.5, 0.6) is 0 Å². The lowest BCUT2D eigenvalue weighted by Crippen LogP contribution is -2.67. The second kappa shape index (κ2) is 15.7. The van der Waals surface area contributed by atoms with Gasteiger partial charge < -0.3 is 48.5 Å². The van der Waals surface area contributed by atoms with Crippen LogP contribution in [-0.2, 0) is 53.9 Å². The number of carbonyl (C=O) groups excluding carboxylic acids is 4. The molecule has 4 aliphatic carbocycles. The summed E-state index contributed by atoms with van der Waals surface area (Å²) >= 11 is 0. The number of carbonyl (C=O) groups is 4. The SMILES string of the molecule is CC(=O)O[C@@]1(C)C[C@@H](OCc2ccccc2)[C@@]2(O)[C@@H](OC(=O)[C@@]2(C)O[Si](C)(C)C)C2=C(C)[C@H](C)C[C@@H]21.CC(=O)O[C@@]1(C)C[C@H](O)[C@@]2(O)[C@@H](OC(=O)[C@@]2(C)O)C2=C(C)[C@H](C)C[C@@H]21. The Kier molecular flexibility index (Phi) is 12.1. The maximum absolute atomic E-state index is 13.5. The molecule has 61 heavy (non-hydrogen) atoms. The zero-order valence-corrected chi connectivity index (χ0v) is 38.9. The van der Waals surface area contributed by atoms with Crippen LogP contribution in [0.15, 0.2) is 52.6 Å². The summed E-state index contributed by atoms with van der Waals surface area (Å²) in [6.45, 7) is 23.3. The van der Waals surface area contributed by atoms with Crippen LogP contribution in [0.2, 0.25) is 19.6 Å². The van der Waals surface area contributed by atoms with Crippen molar-refractivity contribution in [2.75, 3.05) is 0 Å². The molecule has 15 heteroatoms. The molecule has 0 bridgehead atoms. The number of hydrogen-bond acceptors (Lipinski definition) is 14. The maximum Gasteiger partial charge on any atom is 0.341 e. The van der Waals surface area contributed by atoms with Gasteiger partial charge in [0, 0.05) is 38.5 Å². The van der Waals surface area contributed by atoms with Gasteiger partial charge in [-0.1, -0.05) is 55.3 Å². The standard InChI is InChI=1S/C28H40O7Si.C18H26O7/c1-17-14-21-23(18(17)2)24-28(31,27(5,25(30)33-24)35-36(6,7)8)22(15-26(21,4)34-19(3)29)32-16-20-12-10-9-11-13-20;1-8-6-11-13(9(8)2)14-18(23,17(5,22)15(21)24-14)12(20)7-16(11,4)25-10(3)19/h9-13,17,21-22,24,31H,14-16H2,1-8H3;8,11-12,14,20,22-23H,6-7H2,1-5H3/t17-,21+,22-,24+,26+,27-,28-;8-,11+,12+,14+,16+,17-,18-/m11/s1. The number of rotatable bonds is 7. The number of ether oxygens (including phenoxy) is 5. The Balaban J connectivity index is 0.000000218. The van der Waals surface area contributed by atoms with E-state index in [1.54, 1.807) is 13.8 Å². The molecule has 2 aliphatic heterocycles. The summed E-state index contributed by atoms with van der Waals surface area (Å²) in [5.74, 6) is -2.65. The van der Waals surface area contributed by atoms with Crippen LogP contribution < -0.4 is 0 Å². The number of allylic oxidation sites excluding steroid dienone is 2.